The fraction of sp³-hybridized carbons (Fsp3) is 0.750. The van der Waals surface area contributed by atoms with E-state index in [4.69, 9.17) is 5.11 Å². The maximum absolute atomic E-state index is 10.1. The summed E-state index contributed by atoms with van der Waals surface area (Å²) in [5, 5.41) is 10.8. The molecule has 3 nitrogen and oxygen atoms in total. The van der Waals surface area contributed by atoms with Crippen molar-refractivity contribution in [2.24, 2.45) is 0 Å². The van der Waals surface area contributed by atoms with Crippen LogP contribution in [0.2, 0.25) is 0 Å². The molecule has 0 aliphatic rings. The molecular weight excluding hydrogens is 158 g/mol. The first-order valence-corrected chi connectivity index (χ1v) is 2.86. The van der Waals surface area contributed by atoms with E-state index in [0.717, 1.165) is 0 Å². The molecule has 0 aromatic heterocycles. The van der Waals surface area contributed by atoms with Crippen molar-refractivity contribution >= 4 is 32.1 Å². The summed E-state index contributed by atoms with van der Waals surface area (Å²) >= 11 is 3.79. The second-order valence-electron chi connectivity index (χ2n) is 1.36. The van der Waals surface area contributed by atoms with Gasteiger partial charge in [-0.25, -0.2) is 0 Å². The van der Waals surface area contributed by atoms with Gasteiger partial charge in [0.25, 0.3) is 0 Å². The van der Waals surface area contributed by atoms with Gasteiger partial charge in [-0.15, -0.1) is 0 Å². The van der Waals surface area contributed by atoms with Gasteiger partial charge in [-0.2, -0.15) is 26.1 Å². The highest BCUT2D eigenvalue weighted by Crippen LogP contribution is 1.84. The molecule has 0 bridgehead atoms. The Morgan fingerprint density at radius 1 is 1.89 bits per heavy atom. The molecule has 0 fully saturated rings. The van der Waals surface area contributed by atoms with E-state index in [0.29, 0.717) is 5.75 Å². The van der Waals surface area contributed by atoms with E-state index < -0.39 is 12.0 Å². The Morgan fingerprint density at radius 3 is 2.33 bits per heavy atom. The largest absolute Gasteiger partial charge is 0.480 e. The van der Waals surface area contributed by atoms with Gasteiger partial charge in [-0.1, -0.05) is 0 Å². The van der Waals surface area contributed by atoms with Crippen molar-refractivity contribution in [3.05, 3.63) is 0 Å². The predicted octanol–water partition coefficient (Wildman–Crippen LogP) is -0.298. The highest BCUT2D eigenvalue weighted by Gasteiger charge is 2.10. The van der Waals surface area contributed by atoms with Gasteiger partial charge >= 0.3 is 5.97 Å². The summed E-state index contributed by atoms with van der Waals surface area (Å²) in [6.45, 7) is 0. The lowest BCUT2D eigenvalue weighted by atomic mass is 10.3. The van der Waals surface area contributed by atoms with Crippen LogP contribution in [0.4, 0.5) is 0 Å². The number of nitrogens with one attached hydrogen (secondary N) is 1. The van der Waals surface area contributed by atoms with Crippen molar-refractivity contribution < 1.29 is 9.90 Å². The molecule has 2 N–H and O–H groups in total. The molecule has 56 valence electrons. The summed E-state index contributed by atoms with van der Waals surface area (Å²) in [4.78, 5) is 10.1. The summed E-state index contributed by atoms with van der Waals surface area (Å²) in [7, 11) is 1.59. The Hall–Kier alpha value is 0.130. The molecule has 0 saturated carbocycles. The molecule has 1 unspecified atom stereocenters. The van der Waals surface area contributed by atoms with Crippen LogP contribution in [0, 0.1) is 0 Å². The molecular formula is C4H11NO2S2. The van der Waals surface area contributed by atoms with Gasteiger partial charge in [0.05, 0.1) is 0 Å². The quantitative estimate of drug-likeness (QED) is 0.508. The van der Waals surface area contributed by atoms with Crippen molar-refractivity contribution in [1.82, 2.24) is 5.32 Å². The fourth-order valence-corrected chi connectivity index (χ4v) is 0.632. The lowest BCUT2D eigenvalue weighted by molar-refractivity contribution is -0.138. The van der Waals surface area contributed by atoms with Crippen molar-refractivity contribution in [2.75, 3.05) is 12.8 Å². The topological polar surface area (TPSA) is 49.3 Å². The first-order chi connectivity index (χ1) is 3.72. The minimum atomic E-state index is -0.859. The number of carboxylic acids is 1. The third-order valence-corrected chi connectivity index (χ3v) is 1.19. The third kappa shape index (κ3) is 4.62. The minimum absolute atomic E-state index is 0. The summed E-state index contributed by atoms with van der Waals surface area (Å²) in [5.41, 5.74) is 0. The molecule has 0 aliphatic carbocycles. The lowest BCUT2D eigenvalue weighted by Crippen LogP contribution is -2.35. The number of likely N-dealkylation sites (N-methyl/N-ethyl adjacent to an activating group) is 1. The molecule has 0 aromatic carbocycles. The Balaban J connectivity index is 0. The average Bonchev–Trinajstić information content (AvgIpc) is 1.69. The molecule has 1 atom stereocenters. The van der Waals surface area contributed by atoms with Crippen LogP contribution in [0.25, 0.3) is 0 Å². The van der Waals surface area contributed by atoms with Crippen molar-refractivity contribution in [3.63, 3.8) is 0 Å². The summed E-state index contributed by atoms with van der Waals surface area (Å²) in [6.07, 6.45) is 0. The Kier molecular flexibility index (Phi) is 8.25. The average molecular weight is 169 g/mol. The van der Waals surface area contributed by atoms with E-state index >= 15 is 0 Å². The van der Waals surface area contributed by atoms with Crippen LogP contribution in [0.5, 0.6) is 0 Å². The molecule has 0 heterocycles. The number of carboxylic acid groups (broad SMARTS) is 1. The predicted molar refractivity (Wildman–Crippen MR) is 44.7 cm³/mol. The van der Waals surface area contributed by atoms with Crippen molar-refractivity contribution in [1.29, 1.82) is 0 Å². The molecule has 0 amide bonds. The normalized spacial score (nSPS) is 11.8. The highest BCUT2D eigenvalue weighted by molar-refractivity contribution is 7.80. The van der Waals surface area contributed by atoms with Crippen LogP contribution in [-0.4, -0.2) is 29.9 Å². The van der Waals surface area contributed by atoms with Crippen LogP contribution in [-0.2, 0) is 4.79 Å². The van der Waals surface area contributed by atoms with Gasteiger partial charge in [-0.3, -0.25) is 4.79 Å². The second kappa shape index (κ2) is 6.25. The van der Waals surface area contributed by atoms with Gasteiger partial charge in [0.1, 0.15) is 6.04 Å². The van der Waals surface area contributed by atoms with Gasteiger partial charge < -0.3 is 10.4 Å². The van der Waals surface area contributed by atoms with Crippen molar-refractivity contribution in [3.8, 4) is 0 Å². The lowest BCUT2D eigenvalue weighted by Gasteiger charge is -2.04. The highest BCUT2D eigenvalue weighted by atomic mass is 32.1. The molecule has 0 aliphatic heterocycles. The zero-order valence-corrected chi connectivity index (χ0v) is 6.98. The minimum Gasteiger partial charge on any atom is -0.480 e. The van der Waals surface area contributed by atoms with Crippen LogP contribution < -0.4 is 5.32 Å². The van der Waals surface area contributed by atoms with E-state index in [9.17, 15) is 4.79 Å². The summed E-state index contributed by atoms with van der Waals surface area (Å²) in [5.74, 6) is -0.534. The van der Waals surface area contributed by atoms with Gasteiger partial charge in [-0.05, 0) is 7.05 Å². The maximum Gasteiger partial charge on any atom is 0.321 e. The van der Waals surface area contributed by atoms with Crippen LogP contribution >= 0.6 is 26.1 Å². The third-order valence-electron chi connectivity index (χ3n) is 0.829. The Morgan fingerprint density at radius 2 is 2.33 bits per heavy atom. The Labute approximate surface area is 66.7 Å². The summed E-state index contributed by atoms with van der Waals surface area (Å²) in [6, 6.07) is -0.515. The first kappa shape index (κ1) is 11.9. The second-order valence-corrected chi connectivity index (χ2v) is 1.73. The van der Waals surface area contributed by atoms with Gasteiger partial charge in [0.15, 0.2) is 0 Å². The Bertz CT molecular complexity index is 84.6. The number of rotatable bonds is 3. The van der Waals surface area contributed by atoms with E-state index in [-0.39, 0.29) is 13.5 Å². The van der Waals surface area contributed by atoms with Crippen LogP contribution in [0.1, 0.15) is 0 Å². The number of carbonyl (C=O) groups is 1. The molecule has 0 saturated heterocycles. The van der Waals surface area contributed by atoms with Crippen LogP contribution in [0.3, 0.4) is 0 Å². The SMILES string of the molecule is CNC(CS)C(=O)O.S. The van der Waals surface area contributed by atoms with E-state index in [2.05, 4.69) is 17.9 Å². The van der Waals surface area contributed by atoms with E-state index in [1.807, 2.05) is 0 Å². The molecule has 0 spiro atoms. The monoisotopic (exact) mass is 169 g/mol. The van der Waals surface area contributed by atoms with Gasteiger partial charge in [0.2, 0.25) is 0 Å². The molecule has 9 heavy (non-hydrogen) atoms. The standard InChI is InChI=1S/C4H9NO2S.H2S/c1-5-3(2-8)4(6)7;/h3,5,8H,2H2,1H3,(H,6,7);1H2. The molecule has 0 aromatic rings. The van der Waals surface area contributed by atoms with Crippen molar-refractivity contribution in [2.45, 2.75) is 6.04 Å². The number of aliphatic carboxylic acids is 1. The summed E-state index contributed by atoms with van der Waals surface area (Å²) < 4.78 is 0. The first-order valence-electron chi connectivity index (χ1n) is 2.23. The van der Waals surface area contributed by atoms with Crippen LogP contribution in [0.15, 0.2) is 0 Å². The molecule has 5 heteroatoms. The number of thiol groups is 1. The smallest absolute Gasteiger partial charge is 0.321 e. The fourth-order valence-electron chi connectivity index (χ4n) is 0.293. The van der Waals surface area contributed by atoms with Gasteiger partial charge in [0, 0.05) is 5.75 Å². The van der Waals surface area contributed by atoms with E-state index in [1.165, 1.54) is 0 Å². The molecule has 0 rings (SSSR count). The van der Waals surface area contributed by atoms with E-state index in [1.54, 1.807) is 7.05 Å². The number of hydrogen-bond acceptors (Lipinski definition) is 3. The maximum atomic E-state index is 10.1. The zero-order valence-electron chi connectivity index (χ0n) is 5.09. The molecule has 0 radical (unpaired) electrons. The zero-order chi connectivity index (χ0) is 6.57. The number of hydrogen-bond donors (Lipinski definition) is 3.